The number of aliphatic carboxylic acids is 1. The van der Waals surface area contributed by atoms with Crippen molar-refractivity contribution in [2.45, 2.75) is 44.2 Å². The van der Waals surface area contributed by atoms with Gasteiger partial charge in [0.1, 0.15) is 22.5 Å². The summed E-state index contributed by atoms with van der Waals surface area (Å²) in [5, 5.41) is 14.1. The number of fused-ring (bicyclic) bond motifs is 3. The van der Waals surface area contributed by atoms with E-state index in [1.54, 1.807) is 6.92 Å². The van der Waals surface area contributed by atoms with Crippen molar-refractivity contribution in [3.63, 3.8) is 0 Å². The van der Waals surface area contributed by atoms with Crippen molar-refractivity contribution in [3.05, 3.63) is 59.7 Å². The van der Waals surface area contributed by atoms with Crippen LogP contribution in [-0.2, 0) is 24.2 Å². The molecule has 0 bridgehead atoms. The van der Waals surface area contributed by atoms with Crippen LogP contribution in [0.4, 0.5) is 4.79 Å². The monoisotopic (exact) mass is 502 g/mol. The smallest absolute Gasteiger partial charge is 0.407 e. The number of hydrogen-bond donors (Lipinski definition) is 3. The lowest BCUT2D eigenvalue weighted by atomic mass is 9.98. The predicted molar refractivity (Wildman–Crippen MR) is 131 cm³/mol. The van der Waals surface area contributed by atoms with Gasteiger partial charge in [0, 0.05) is 24.6 Å². The molecule has 10 heteroatoms. The third kappa shape index (κ3) is 7.05. The van der Waals surface area contributed by atoms with Crippen molar-refractivity contribution in [1.29, 1.82) is 0 Å². The number of nitrogens with one attached hydrogen (secondary N) is 2. The number of amides is 2. The van der Waals surface area contributed by atoms with Crippen LogP contribution in [-0.4, -0.2) is 62.2 Å². The number of carbonyl (C=O) groups is 3. The van der Waals surface area contributed by atoms with Crippen LogP contribution in [0.15, 0.2) is 48.5 Å². The number of carboxylic acid groups (broad SMARTS) is 1. The van der Waals surface area contributed by atoms with Crippen molar-refractivity contribution in [1.82, 2.24) is 10.6 Å². The molecule has 2 unspecified atom stereocenters. The van der Waals surface area contributed by atoms with Gasteiger partial charge in [0.05, 0.1) is 5.75 Å². The number of carboxylic acids is 1. The summed E-state index contributed by atoms with van der Waals surface area (Å²) >= 11 is 0. The standard InChI is InChI=1S/C25H30N2O7S/c1-3-16(15-35(2,32)33)26-24(30)22(12-13-23(28)29)27-25(31)34-14-21-19-10-6-4-8-17(19)18-9-5-7-11-20(18)21/h4-11,16,21-22H,3,12-15H2,1-2H3,(H,26,30)(H,27,31)(H,28,29). The first-order valence-electron chi connectivity index (χ1n) is 11.4. The van der Waals surface area contributed by atoms with Crippen LogP contribution in [0.25, 0.3) is 11.1 Å². The fourth-order valence-corrected chi connectivity index (χ4v) is 5.30. The van der Waals surface area contributed by atoms with Gasteiger partial charge in [0.2, 0.25) is 5.91 Å². The van der Waals surface area contributed by atoms with Gasteiger partial charge >= 0.3 is 12.1 Å². The zero-order chi connectivity index (χ0) is 25.6. The lowest BCUT2D eigenvalue weighted by Crippen LogP contribution is -2.51. The van der Waals surface area contributed by atoms with Crippen LogP contribution in [0.1, 0.15) is 43.2 Å². The number of sulfone groups is 1. The normalized spacial score (nSPS) is 14.3. The Morgan fingerprint density at radius 2 is 1.57 bits per heavy atom. The Morgan fingerprint density at radius 1 is 1.00 bits per heavy atom. The van der Waals surface area contributed by atoms with E-state index in [0.717, 1.165) is 28.5 Å². The summed E-state index contributed by atoms with van der Waals surface area (Å²) in [6, 6.07) is 13.9. The summed E-state index contributed by atoms with van der Waals surface area (Å²) < 4.78 is 28.7. The van der Waals surface area contributed by atoms with E-state index in [2.05, 4.69) is 10.6 Å². The molecule has 0 saturated carbocycles. The van der Waals surface area contributed by atoms with Gasteiger partial charge in [-0.1, -0.05) is 55.5 Å². The molecular weight excluding hydrogens is 472 g/mol. The first-order chi connectivity index (χ1) is 16.6. The Balaban J connectivity index is 1.67. The zero-order valence-corrected chi connectivity index (χ0v) is 20.5. The number of benzene rings is 2. The van der Waals surface area contributed by atoms with E-state index in [1.807, 2.05) is 48.5 Å². The molecule has 0 aromatic heterocycles. The molecule has 2 atom stereocenters. The summed E-state index contributed by atoms with van der Waals surface area (Å²) in [6.07, 6.45) is 0.0489. The van der Waals surface area contributed by atoms with Crippen LogP contribution in [0.2, 0.25) is 0 Å². The van der Waals surface area contributed by atoms with Crippen LogP contribution in [0.3, 0.4) is 0 Å². The molecule has 2 aromatic rings. The number of rotatable bonds is 11. The highest BCUT2D eigenvalue weighted by molar-refractivity contribution is 7.90. The van der Waals surface area contributed by atoms with Crippen molar-refractivity contribution in [2.75, 3.05) is 18.6 Å². The molecule has 188 valence electrons. The summed E-state index contributed by atoms with van der Waals surface area (Å²) in [4.78, 5) is 36.4. The quantitative estimate of drug-likeness (QED) is 0.429. The minimum atomic E-state index is -3.34. The summed E-state index contributed by atoms with van der Waals surface area (Å²) in [6.45, 7) is 1.76. The topological polar surface area (TPSA) is 139 Å². The first-order valence-corrected chi connectivity index (χ1v) is 13.5. The lowest BCUT2D eigenvalue weighted by Gasteiger charge is -2.22. The van der Waals surface area contributed by atoms with Gasteiger partial charge < -0.3 is 20.5 Å². The Morgan fingerprint density at radius 3 is 2.09 bits per heavy atom. The molecule has 1 aliphatic rings. The molecule has 0 radical (unpaired) electrons. The zero-order valence-electron chi connectivity index (χ0n) is 19.7. The van der Waals surface area contributed by atoms with E-state index >= 15 is 0 Å². The molecule has 3 N–H and O–H groups in total. The highest BCUT2D eigenvalue weighted by Gasteiger charge is 2.30. The molecule has 9 nitrogen and oxygen atoms in total. The van der Waals surface area contributed by atoms with E-state index in [4.69, 9.17) is 9.84 Å². The van der Waals surface area contributed by atoms with Crippen molar-refractivity contribution in [3.8, 4) is 11.1 Å². The molecule has 0 saturated heterocycles. The maximum absolute atomic E-state index is 12.8. The van der Waals surface area contributed by atoms with Crippen molar-refractivity contribution < 1.29 is 32.6 Å². The second kappa shape index (κ2) is 11.4. The van der Waals surface area contributed by atoms with Gasteiger partial charge in [0.25, 0.3) is 0 Å². The van der Waals surface area contributed by atoms with E-state index in [1.165, 1.54) is 0 Å². The molecular formula is C25H30N2O7S. The third-order valence-electron chi connectivity index (χ3n) is 5.94. The fourth-order valence-electron chi connectivity index (χ4n) is 4.25. The average molecular weight is 503 g/mol. The van der Waals surface area contributed by atoms with Crippen molar-refractivity contribution >= 4 is 27.8 Å². The van der Waals surface area contributed by atoms with Crippen LogP contribution >= 0.6 is 0 Å². The second-order valence-corrected chi connectivity index (χ2v) is 10.8. The van der Waals surface area contributed by atoms with Gasteiger partial charge in [-0.05, 0) is 35.1 Å². The third-order valence-corrected chi connectivity index (χ3v) is 6.95. The average Bonchev–Trinajstić information content (AvgIpc) is 3.12. The number of alkyl carbamates (subject to hydrolysis) is 1. The van der Waals surface area contributed by atoms with E-state index < -0.39 is 39.9 Å². The molecule has 35 heavy (non-hydrogen) atoms. The van der Waals surface area contributed by atoms with Gasteiger partial charge in [-0.3, -0.25) is 9.59 Å². The summed E-state index contributed by atoms with van der Waals surface area (Å²) in [5.74, 6) is -2.21. The van der Waals surface area contributed by atoms with Crippen LogP contribution in [0, 0.1) is 0 Å². The van der Waals surface area contributed by atoms with Gasteiger partial charge in [-0.2, -0.15) is 0 Å². The molecule has 0 heterocycles. The Hall–Kier alpha value is -3.40. The fraction of sp³-hybridized carbons (Fsp3) is 0.400. The molecule has 1 aliphatic carbocycles. The second-order valence-electron chi connectivity index (χ2n) is 8.66. The Labute approximate surface area is 204 Å². The number of ether oxygens (including phenoxy) is 1. The van der Waals surface area contributed by atoms with Crippen molar-refractivity contribution in [2.24, 2.45) is 0 Å². The Kier molecular flexibility index (Phi) is 8.50. The van der Waals surface area contributed by atoms with Crippen LogP contribution < -0.4 is 10.6 Å². The van der Waals surface area contributed by atoms with E-state index in [0.29, 0.717) is 6.42 Å². The van der Waals surface area contributed by atoms with E-state index in [-0.39, 0.29) is 31.1 Å². The molecule has 2 aromatic carbocycles. The molecule has 0 aliphatic heterocycles. The predicted octanol–water partition coefficient (Wildman–Crippen LogP) is 2.70. The summed E-state index contributed by atoms with van der Waals surface area (Å²) in [7, 11) is -3.34. The molecule has 3 rings (SSSR count). The maximum atomic E-state index is 12.8. The first kappa shape index (κ1) is 26.2. The van der Waals surface area contributed by atoms with Gasteiger partial charge in [0.15, 0.2) is 0 Å². The minimum Gasteiger partial charge on any atom is -0.481 e. The van der Waals surface area contributed by atoms with Crippen LogP contribution in [0.5, 0.6) is 0 Å². The largest absolute Gasteiger partial charge is 0.481 e. The summed E-state index contributed by atoms with van der Waals surface area (Å²) in [5.41, 5.74) is 4.22. The van der Waals surface area contributed by atoms with E-state index in [9.17, 15) is 22.8 Å². The Bertz CT molecular complexity index is 1150. The number of carbonyl (C=O) groups excluding carboxylic acids is 2. The lowest BCUT2D eigenvalue weighted by molar-refractivity contribution is -0.137. The SMILES string of the molecule is CCC(CS(C)(=O)=O)NC(=O)C(CCC(=O)O)NC(=O)OCC1c2ccccc2-c2ccccc21. The molecule has 0 spiro atoms. The highest BCUT2D eigenvalue weighted by Crippen LogP contribution is 2.44. The number of hydrogen-bond acceptors (Lipinski definition) is 6. The van der Waals surface area contributed by atoms with Gasteiger partial charge in [-0.15, -0.1) is 0 Å². The minimum absolute atomic E-state index is 0.0405. The maximum Gasteiger partial charge on any atom is 0.407 e. The highest BCUT2D eigenvalue weighted by atomic mass is 32.2. The van der Waals surface area contributed by atoms with Gasteiger partial charge in [-0.25, -0.2) is 13.2 Å². The molecule has 0 fully saturated rings. The molecule has 2 amide bonds.